The van der Waals surface area contributed by atoms with Crippen molar-refractivity contribution < 1.29 is 4.79 Å². The average molecular weight is 626 g/mol. The molecular formula is C30H34Cl2N8O3. The summed E-state index contributed by atoms with van der Waals surface area (Å²) in [5.74, 6) is 1.52. The first-order valence-corrected chi connectivity index (χ1v) is 14.6. The topological polar surface area (TPSA) is 130 Å². The van der Waals surface area contributed by atoms with Crippen LogP contribution in [-0.2, 0) is 6.54 Å². The van der Waals surface area contributed by atoms with Crippen molar-refractivity contribution in [1.29, 1.82) is 0 Å². The maximum atomic E-state index is 11.3. The summed E-state index contributed by atoms with van der Waals surface area (Å²) < 4.78 is 0. The van der Waals surface area contributed by atoms with E-state index in [0.717, 1.165) is 81.8 Å². The lowest BCUT2D eigenvalue weighted by Gasteiger charge is -2.35. The number of aldehydes is 1. The highest BCUT2D eigenvalue weighted by atomic mass is 35.5. The quantitative estimate of drug-likeness (QED) is 0.287. The number of benzene rings is 2. The second kappa shape index (κ2) is 16.6. The molecular weight excluding hydrogens is 591 g/mol. The summed E-state index contributed by atoms with van der Waals surface area (Å²) in [4.78, 5) is 52.4. The number of nitrogens with zero attached hydrogens (tertiary/aromatic N) is 5. The van der Waals surface area contributed by atoms with Crippen LogP contribution in [0.4, 0.5) is 11.6 Å². The predicted molar refractivity (Wildman–Crippen MR) is 171 cm³/mol. The monoisotopic (exact) mass is 624 g/mol. The minimum Gasteiger partial charge on any atom is -0.354 e. The number of hydrogen-bond donors (Lipinski definition) is 3. The fraction of sp³-hybridized carbons (Fsp3) is 0.300. The first kappa shape index (κ1) is 31.9. The molecule has 0 spiro atoms. The van der Waals surface area contributed by atoms with Crippen molar-refractivity contribution in [2.24, 2.45) is 0 Å². The smallest absolute Gasteiger partial charge is 0.252 e. The van der Waals surface area contributed by atoms with Crippen LogP contribution in [0.1, 0.15) is 15.9 Å². The highest BCUT2D eigenvalue weighted by molar-refractivity contribution is 6.31. The second-order valence-electron chi connectivity index (χ2n) is 9.84. The van der Waals surface area contributed by atoms with Crippen LogP contribution in [0.15, 0.2) is 82.9 Å². The van der Waals surface area contributed by atoms with Crippen LogP contribution < -0.4 is 26.2 Å². The molecule has 0 bridgehead atoms. The number of piperazine rings is 2. The third-order valence-electron chi connectivity index (χ3n) is 6.74. The van der Waals surface area contributed by atoms with Crippen molar-refractivity contribution in [3.63, 3.8) is 0 Å². The fourth-order valence-electron chi connectivity index (χ4n) is 4.56. The molecule has 4 aromatic rings. The molecule has 13 heteroatoms. The van der Waals surface area contributed by atoms with Crippen molar-refractivity contribution in [3.05, 3.63) is 115 Å². The van der Waals surface area contributed by atoms with E-state index in [1.165, 1.54) is 24.3 Å². The summed E-state index contributed by atoms with van der Waals surface area (Å²) in [7, 11) is 0. The van der Waals surface area contributed by atoms with Gasteiger partial charge in [-0.1, -0.05) is 47.5 Å². The van der Waals surface area contributed by atoms with E-state index in [2.05, 4.69) is 46.0 Å². The predicted octanol–water partition coefficient (Wildman–Crippen LogP) is 3.08. The van der Waals surface area contributed by atoms with Gasteiger partial charge in [0, 0.05) is 86.6 Å². The molecule has 226 valence electrons. The number of aromatic amines is 2. The highest BCUT2D eigenvalue weighted by Crippen LogP contribution is 2.16. The number of aromatic nitrogens is 4. The van der Waals surface area contributed by atoms with Gasteiger partial charge in [0.25, 0.3) is 11.1 Å². The molecule has 3 N–H and O–H groups in total. The molecule has 0 atom stereocenters. The summed E-state index contributed by atoms with van der Waals surface area (Å²) in [6, 6.07) is 17.9. The molecule has 6 rings (SSSR count). The SMILES string of the molecule is O=Cc1cccc(Cl)c1.O=c1cc(N2CCN(Cc3cccc(Cl)c3)CC2)nc[nH]1.O=c1cc(N2CCNCC2)nc[nH]1. The van der Waals surface area contributed by atoms with Gasteiger partial charge in [-0.05, 0) is 29.8 Å². The van der Waals surface area contributed by atoms with E-state index in [0.29, 0.717) is 10.6 Å². The molecule has 2 aromatic carbocycles. The van der Waals surface area contributed by atoms with Gasteiger partial charge in [0.05, 0.1) is 12.7 Å². The van der Waals surface area contributed by atoms with Gasteiger partial charge in [-0.15, -0.1) is 0 Å². The van der Waals surface area contributed by atoms with Gasteiger partial charge in [0.2, 0.25) is 0 Å². The van der Waals surface area contributed by atoms with Crippen LogP contribution >= 0.6 is 23.2 Å². The van der Waals surface area contributed by atoms with Gasteiger partial charge in [0.1, 0.15) is 17.9 Å². The maximum absolute atomic E-state index is 11.3. The molecule has 2 aliphatic heterocycles. The summed E-state index contributed by atoms with van der Waals surface area (Å²) >= 11 is 11.6. The molecule has 2 saturated heterocycles. The number of carbonyl (C=O) groups is 1. The number of hydrogen-bond acceptors (Lipinski definition) is 9. The second-order valence-corrected chi connectivity index (χ2v) is 10.7. The van der Waals surface area contributed by atoms with E-state index in [-0.39, 0.29) is 11.1 Å². The molecule has 0 unspecified atom stereocenters. The van der Waals surface area contributed by atoms with Gasteiger partial charge in [0.15, 0.2) is 0 Å². The van der Waals surface area contributed by atoms with Crippen LogP contribution in [0.2, 0.25) is 10.0 Å². The first-order valence-electron chi connectivity index (χ1n) is 13.9. The van der Waals surface area contributed by atoms with Gasteiger partial charge in [-0.25, -0.2) is 9.97 Å². The Balaban J connectivity index is 0.000000163. The Morgan fingerprint density at radius 3 is 1.79 bits per heavy atom. The molecule has 2 aromatic heterocycles. The van der Waals surface area contributed by atoms with E-state index < -0.39 is 0 Å². The van der Waals surface area contributed by atoms with Crippen LogP contribution in [0.25, 0.3) is 0 Å². The first-order chi connectivity index (χ1) is 20.9. The van der Waals surface area contributed by atoms with Gasteiger partial charge in [-0.3, -0.25) is 19.3 Å². The fourth-order valence-corrected chi connectivity index (χ4v) is 4.98. The number of anilines is 2. The number of rotatable bonds is 5. The number of nitrogens with one attached hydrogen (secondary N) is 3. The molecule has 4 heterocycles. The third-order valence-corrected chi connectivity index (χ3v) is 7.22. The van der Waals surface area contributed by atoms with Crippen molar-refractivity contribution in [3.8, 4) is 0 Å². The number of carbonyl (C=O) groups excluding carboxylic acids is 1. The van der Waals surface area contributed by atoms with Crippen molar-refractivity contribution in [1.82, 2.24) is 30.2 Å². The van der Waals surface area contributed by atoms with Crippen LogP contribution in [0.5, 0.6) is 0 Å². The number of H-pyrrole nitrogens is 2. The van der Waals surface area contributed by atoms with Crippen molar-refractivity contribution in [2.45, 2.75) is 6.54 Å². The minimum absolute atomic E-state index is 0.0940. The van der Waals surface area contributed by atoms with E-state index in [9.17, 15) is 14.4 Å². The van der Waals surface area contributed by atoms with Gasteiger partial charge >= 0.3 is 0 Å². The largest absolute Gasteiger partial charge is 0.354 e. The number of halogens is 2. The molecule has 43 heavy (non-hydrogen) atoms. The van der Waals surface area contributed by atoms with E-state index in [1.54, 1.807) is 30.3 Å². The summed E-state index contributed by atoms with van der Waals surface area (Å²) in [5, 5.41) is 4.62. The van der Waals surface area contributed by atoms with Crippen LogP contribution in [0.3, 0.4) is 0 Å². The summed E-state index contributed by atoms with van der Waals surface area (Å²) in [5.41, 5.74) is 1.64. The zero-order chi connectivity index (χ0) is 30.4. The van der Waals surface area contributed by atoms with Crippen molar-refractivity contribution >= 4 is 41.1 Å². The molecule has 0 aliphatic carbocycles. The minimum atomic E-state index is -0.110. The molecule has 0 saturated carbocycles. The molecule has 2 fully saturated rings. The normalized spacial score (nSPS) is 15.0. The molecule has 11 nitrogen and oxygen atoms in total. The van der Waals surface area contributed by atoms with E-state index >= 15 is 0 Å². The Kier molecular flexibility index (Phi) is 12.3. The lowest BCUT2D eigenvalue weighted by Crippen LogP contribution is -2.46. The average Bonchev–Trinajstić information content (AvgIpc) is 3.02. The summed E-state index contributed by atoms with van der Waals surface area (Å²) in [6.45, 7) is 8.27. The summed E-state index contributed by atoms with van der Waals surface area (Å²) in [6.07, 6.45) is 3.67. The van der Waals surface area contributed by atoms with Gasteiger partial charge < -0.3 is 25.1 Å². The van der Waals surface area contributed by atoms with E-state index in [4.69, 9.17) is 23.2 Å². The Morgan fingerprint density at radius 1 is 0.721 bits per heavy atom. The Bertz CT molecular complexity index is 1570. The molecule has 0 radical (unpaired) electrons. The molecule has 2 aliphatic rings. The lowest BCUT2D eigenvalue weighted by atomic mass is 10.2. The van der Waals surface area contributed by atoms with Gasteiger partial charge in [-0.2, -0.15) is 0 Å². The standard InChI is InChI=1S/C15H17ClN4O.C8H12N4O.C7H5ClO/c16-13-3-1-2-12(8-13)10-19-4-6-20(7-5-19)14-9-15(21)18-11-17-14;13-8-5-7(10-6-11-8)12-3-1-9-2-4-12;8-7-3-1-2-6(4-7)5-9/h1-3,8-9,11H,4-7,10H2,(H,17,18,21);5-6,9H,1-4H2,(H,10,11,13);1-5H. The maximum Gasteiger partial charge on any atom is 0.252 e. The lowest BCUT2D eigenvalue weighted by molar-refractivity contribution is 0.112. The van der Waals surface area contributed by atoms with Crippen LogP contribution in [0, 0.1) is 0 Å². The molecule has 0 amide bonds. The van der Waals surface area contributed by atoms with Crippen molar-refractivity contribution in [2.75, 3.05) is 62.2 Å². The zero-order valence-electron chi connectivity index (χ0n) is 23.6. The van der Waals surface area contributed by atoms with Crippen LogP contribution in [-0.4, -0.2) is 83.5 Å². The zero-order valence-corrected chi connectivity index (χ0v) is 25.1. The highest BCUT2D eigenvalue weighted by Gasteiger charge is 2.18. The Hall–Kier alpha value is -4.03. The third kappa shape index (κ3) is 10.6. The van der Waals surface area contributed by atoms with E-state index in [1.807, 2.05) is 18.2 Å². The Labute approximate surface area is 259 Å². The Morgan fingerprint density at radius 2 is 1.28 bits per heavy atom.